The molecule has 2 N–H and O–H groups in total. The molecule has 3 rings (SSSR count). The van der Waals surface area contributed by atoms with Crippen LogP contribution in [0.3, 0.4) is 0 Å². The number of phenolic OH excluding ortho intramolecular Hbond substituents is 1. The Labute approximate surface area is 184 Å². The van der Waals surface area contributed by atoms with E-state index in [4.69, 9.17) is 40.2 Å². The number of rotatable bonds is 4. The van der Waals surface area contributed by atoms with Crippen molar-refractivity contribution in [2.45, 2.75) is 0 Å². The summed E-state index contributed by atoms with van der Waals surface area (Å²) in [5.41, 5.74) is -0.809. The van der Waals surface area contributed by atoms with Gasteiger partial charge in [0.15, 0.2) is 10.9 Å². The Morgan fingerprint density at radius 3 is 2.63 bits per heavy atom. The monoisotopic (exact) mass is 467 g/mol. The van der Waals surface area contributed by atoms with E-state index in [-0.39, 0.29) is 37.7 Å². The summed E-state index contributed by atoms with van der Waals surface area (Å²) in [4.78, 5) is 36.8. The smallest absolute Gasteiger partial charge is 0.315 e. The summed E-state index contributed by atoms with van der Waals surface area (Å²) in [6.07, 6.45) is 1.11. The van der Waals surface area contributed by atoms with Gasteiger partial charge >= 0.3 is 5.69 Å². The number of hydrogen-bond donors (Lipinski definition) is 2. The molecule has 1 saturated heterocycles. The minimum atomic E-state index is -0.824. The molecule has 30 heavy (non-hydrogen) atoms. The van der Waals surface area contributed by atoms with E-state index in [9.17, 15) is 24.8 Å². The molecule has 1 fully saturated rings. The summed E-state index contributed by atoms with van der Waals surface area (Å²) in [7, 11) is 1.20. The molecule has 2 aromatic carbocycles. The topological polar surface area (TPSA) is 122 Å². The molecule has 0 bridgehead atoms. The van der Waals surface area contributed by atoms with Crippen molar-refractivity contribution >= 4 is 69.8 Å². The summed E-state index contributed by atoms with van der Waals surface area (Å²) in [6, 6.07) is 6.78. The summed E-state index contributed by atoms with van der Waals surface area (Å²) in [5, 5.41) is 23.5. The summed E-state index contributed by atoms with van der Waals surface area (Å²) in [5.74, 6) is -2.51. The van der Waals surface area contributed by atoms with Crippen molar-refractivity contribution in [1.82, 2.24) is 5.32 Å². The Balaban J connectivity index is 2.13. The van der Waals surface area contributed by atoms with Gasteiger partial charge in [-0.3, -0.25) is 29.9 Å². The van der Waals surface area contributed by atoms with Crippen LogP contribution in [0, 0.1) is 10.1 Å². The van der Waals surface area contributed by atoms with Gasteiger partial charge in [-0.2, -0.15) is 0 Å². The molecular weight excluding hydrogens is 457 g/mol. The summed E-state index contributed by atoms with van der Waals surface area (Å²) < 4.78 is 4.92. The number of carbonyl (C=O) groups excluding carboxylic acids is 2. The predicted octanol–water partition coefficient (Wildman–Crippen LogP) is 3.45. The van der Waals surface area contributed by atoms with E-state index < -0.39 is 28.2 Å². The van der Waals surface area contributed by atoms with Gasteiger partial charge in [-0.1, -0.05) is 29.3 Å². The molecular formula is C18H11Cl2N3O6S. The third-order valence-corrected chi connectivity index (χ3v) is 5.17. The van der Waals surface area contributed by atoms with E-state index in [0.29, 0.717) is 0 Å². The Bertz CT molecular complexity index is 1150. The van der Waals surface area contributed by atoms with Crippen molar-refractivity contribution in [3.63, 3.8) is 0 Å². The summed E-state index contributed by atoms with van der Waals surface area (Å²) in [6.45, 7) is 0. The molecule has 0 radical (unpaired) electrons. The number of phenols is 1. The quantitative estimate of drug-likeness (QED) is 0.232. The fourth-order valence-electron chi connectivity index (χ4n) is 2.70. The van der Waals surface area contributed by atoms with Crippen molar-refractivity contribution in [1.29, 1.82) is 0 Å². The van der Waals surface area contributed by atoms with Crippen LogP contribution in [0.4, 0.5) is 11.4 Å². The molecule has 0 saturated carbocycles. The first-order chi connectivity index (χ1) is 14.1. The molecule has 12 heteroatoms. The first-order valence-corrected chi connectivity index (χ1v) is 9.23. The first kappa shape index (κ1) is 21.5. The third-order valence-electron chi connectivity index (χ3n) is 4.08. The minimum Gasteiger partial charge on any atom is -0.500 e. The predicted molar refractivity (Wildman–Crippen MR) is 114 cm³/mol. The number of aromatic hydroxyl groups is 1. The Hall–Kier alpha value is -3.21. The maximum Gasteiger partial charge on any atom is 0.315 e. The number of amides is 2. The highest BCUT2D eigenvalue weighted by Gasteiger charge is 2.36. The van der Waals surface area contributed by atoms with Gasteiger partial charge < -0.3 is 9.84 Å². The third kappa shape index (κ3) is 3.80. The van der Waals surface area contributed by atoms with Gasteiger partial charge in [0.2, 0.25) is 5.75 Å². The lowest BCUT2D eigenvalue weighted by Gasteiger charge is -2.29. The number of benzene rings is 2. The highest BCUT2D eigenvalue weighted by atomic mass is 35.5. The van der Waals surface area contributed by atoms with Gasteiger partial charge in [0.25, 0.3) is 11.8 Å². The molecule has 0 aliphatic carbocycles. The average Bonchev–Trinajstić information content (AvgIpc) is 2.69. The molecule has 2 aromatic rings. The van der Waals surface area contributed by atoms with Crippen LogP contribution in [-0.4, -0.2) is 34.1 Å². The van der Waals surface area contributed by atoms with Crippen molar-refractivity contribution in [3.05, 3.63) is 61.6 Å². The number of ether oxygens (including phenoxy) is 1. The largest absolute Gasteiger partial charge is 0.500 e. The van der Waals surface area contributed by atoms with Crippen LogP contribution in [0.25, 0.3) is 6.08 Å². The SMILES string of the molecule is COc1cc(C=C2C(=O)NC(=S)N(c3cccc(Cl)c3Cl)C2=O)cc([N+](=O)[O-])c1O. The van der Waals surface area contributed by atoms with Crippen LogP contribution in [0.2, 0.25) is 10.0 Å². The van der Waals surface area contributed by atoms with Crippen LogP contribution < -0.4 is 15.0 Å². The Morgan fingerprint density at radius 1 is 1.30 bits per heavy atom. The molecule has 0 atom stereocenters. The lowest BCUT2D eigenvalue weighted by molar-refractivity contribution is -0.386. The number of halogens is 2. The number of anilines is 1. The zero-order chi connectivity index (χ0) is 22.2. The van der Waals surface area contributed by atoms with Gasteiger partial charge in [-0.15, -0.1) is 0 Å². The van der Waals surface area contributed by atoms with E-state index in [0.717, 1.165) is 17.0 Å². The second-order valence-electron chi connectivity index (χ2n) is 5.88. The van der Waals surface area contributed by atoms with Gasteiger partial charge in [0.05, 0.1) is 27.8 Å². The zero-order valence-electron chi connectivity index (χ0n) is 15.0. The molecule has 0 unspecified atom stereocenters. The van der Waals surface area contributed by atoms with Crippen LogP contribution in [-0.2, 0) is 9.59 Å². The summed E-state index contributed by atoms with van der Waals surface area (Å²) >= 11 is 17.3. The van der Waals surface area contributed by atoms with Gasteiger partial charge in [0, 0.05) is 6.07 Å². The van der Waals surface area contributed by atoms with Crippen molar-refractivity contribution < 1.29 is 24.4 Å². The number of hydrogen-bond acceptors (Lipinski definition) is 7. The standard InChI is InChI=1S/C18H11Cl2N3O6S/c1-29-13-7-8(6-12(15(13)24)23(27)28)5-9-16(25)21-18(30)22(17(9)26)11-4-2-3-10(19)14(11)20/h2-7,24H,1H3,(H,21,25,30). The molecule has 2 amide bonds. The highest BCUT2D eigenvalue weighted by Crippen LogP contribution is 2.38. The van der Waals surface area contributed by atoms with E-state index in [2.05, 4.69) is 5.32 Å². The number of nitrogens with one attached hydrogen (secondary N) is 1. The van der Waals surface area contributed by atoms with Crippen LogP contribution >= 0.6 is 35.4 Å². The number of nitro groups is 1. The van der Waals surface area contributed by atoms with E-state index in [1.807, 2.05) is 0 Å². The molecule has 0 spiro atoms. The minimum absolute atomic E-state index is 0.0484. The fraction of sp³-hybridized carbons (Fsp3) is 0.0556. The molecule has 1 aliphatic rings. The molecule has 9 nitrogen and oxygen atoms in total. The normalized spacial score (nSPS) is 15.4. The van der Waals surface area contributed by atoms with Gasteiger partial charge in [0.1, 0.15) is 5.57 Å². The number of methoxy groups -OCH3 is 1. The van der Waals surface area contributed by atoms with E-state index >= 15 is 0 Å². The van der Waals surface area contributed by atoms with E-state index in [1.54, 1.807) is 6.07 Å². The maximum absolute atomic E-state index is 13.0. The second-order valence-corrected chi connectivity index (χ2v) is 7.05. The van der Waals surface area contributed by atoms with Gasteiger partial charge in [-0.05, 0) is 42.1 Å². The zero-order valence-corrected chi connectivity index (χ0v) is 17.3. The van der Waals surface area contributed by atoms with E-state index in [1.165, 1.54) is 25.3 Å². The van der Waals surface area contributed by atoms with Crippen LogP contribution in [0.5, 0.6) is 11.5 Å². The maximum atomic E-state index is 13.0. The number of carbonyl (C=O) groups is 2. The molecule has 1 heterocycles. The molecule has 0 aromatic heterocycles. The number of nitrogens with zero attached hydrogens (tertiary/aromatic N) is 2. The lowest BCUT2D eigenvalue weighted by Crippen LogP contribution is -2.54. The fourth-order valence-corrected chi connectivity index (χ4v) is 3.35. The number of nitro benzene ring substituents is 1. The lowest BCUT2D eigenvalue weighted by atomic mass is 10.1. The average molecular weight is 468 g/mol. The van der Waals surface area contributed by atoms with Crippen LogP contribution in [0.15, 0.2) is 35.9 Å². The first-order valence-electron chi connectivity index (χ1n) is 8.06. The van der Waals surface area contributed by atoms with Crippen molar-refractivity contribution in [3.8, 4) is 11.5 Å². The van der Waals surface area contributed by atoms with Gasteiger partial charge in [-0.25, -0.2) is 0 Å². The second kappa shape index (κ2) is 8.27. The van der Waals surface area contributed by atoms with Crippen molar-refractivity contribution in [2.24, 2.45) is 0 Å². The number of thiocarbonyl (C=S) groups is 1. The highest BCUT2D eigenvalue weighted by molar-refractivity contribution is 7.80. The Kier molecular flexibility index (Phi) is 5.92. The van der Waals surface area contributed by atoms with Crippen LogP contribution in [0.1, 0.15) is 5.56 Å². The van der Waals surface area contributed by atoms with Crippen molar-refractivity contribution in [2.75, 3.05) is 12.0 Å². The molecule has 1 aliphatic heterocycles. The molecule has 154 valence electrons. The Morgan fingerprint density at radius 2 is 2.00 bits per heavy atom.